The number of anilines is 1. The number of nitrogens with one attached hydrogen (secondary N) is 1. The molecular weight excluding hydrogens is 548 g/mol. The zero-order valence-corrected chi connectivity index (χ0v) is 24.7. The molecule has 0 bridgehead atoms. The smallest absolute Gasteiger partial charge is 0.224 e. The van der Waals surface area contributed by atoms with Crippen LogP contribution in [0.4, 0.5) is 5.69 Å². The topological polar surface area (TPSA) is 132 Å². The Morgan fingerprint density at radius 2 is 1.71 bits per heavy atom. The third kappa shape index (κ3) is 7.00. The number of carbonyl (C=O) groups is 1. The monoisotopic (exact) mass is 586 g/mol. The Labute approximate surface area is 249 Å². The predicted octanol–water partition coefficient (Wildman–Crippen LogP) is 4.94. The van der Waals surface area contributed by atoms with Gasteiger partial charge in [0.15, 0.2) is 9.84 Å². The van der Waals surface area contributed by atoms with Crippen molar-refractivity contribution in [2.45, 2.75) is 57.4 Å². The van der Waals surface area contributed by atoms with E-state index in [1.807, 2.05) is 60.4 Å². The number of aryl methyl sites for hydroxylation is 1. The van der Waals surface area contributed by atoms with E-state index in [0.29, 0.717) is 18.7 Å². The van der Waals surface area contributed by atoms with Gasteiger partial charge in [0.2, 0.25) is 5.91 Å². The van der Waals surface area contributed by atoms with Crippen molar-refractivity contribution in [3.8, 4) is 29.0 Å². The van der Waals surface area contributed by atoms with Crippen molar-refractivity contribution in [3.63, 3.8) is 0 Å². The van der Waals surface area contributed by atoms with Gasteiger partial charge in [0.05, 0.1) is 41.1 Å². The predicted molar refractivity (Wildman–Crippen MR) is 164 cm³/mol. The van der Waals surface area contributed by atoms with Gasteiger partial charge >= 0.3 is 0 Å². The summed E-state index contributed by atoms with van der Waals surface area (Å²) < 4.78 is 25.0. The van der Waals surface area contributed by atoms with Crippen molar-refractivity contribution in [2.24, 2.45) is 5.92 Å². The van der Waals surface area contributed by atoms with Crippen LogP contribution in [0.2, 0.25) is 0 Å². The fraction of sp³-hybridized carbons (Fsp3) is 0.438. The number of rotatable bonds is 5. The lowest BCUT2D eigenvalue weighted by atomic mass is 9.88. The van der Waals surface area contributed by atoms with E-state index in [1.165, 1.54) is 6.42 Å². The Morgan fingerprint density at radius 1 is 1.02 bits per heavy atom. The quantitative estimate of drug-likeness (QED) is 0.448. The van der Waals surface area contributed by atoms with Crippen molar-refractivity contribution in [3.05, 3.63) is 66.0 Å². The summed E-state index contributed by atoms with van der Waals surface area (Å²) in [6.45, 7) is 3.04. The fourth-order valence-corrected chi connectivity index (χ4v) is 6.71. The molecule has 6 rings (SSSR count). The molecule has 9 nitrogen and oxygen atoms in total. The normalized spacial score (nSPS) is 19.0. The summed E-state index contributed by atoms with van der Waals surface area (Å²) in [4.78, 5) is 13.9. The zero-order chi connectivity index (χ0) is 29.7. The highest BCUT2D eigenvalue weighted by molar-refractivity contribution is 7.91. The lowest BCUT2D eigenvalue weighted by Crippen LogP contribution is -2.40. The number of nitrogens with zero attached hydrogens (tertiary/aromatic N) is 5. The minimum absolute atomic E-state index is 0. The fourth-order valence-electron chi connectivity index (χ4n) is 5.51. The number of hydrogen-bond acceptors (Lipinski definition) is 7. The van der Waals surface area contributed by atoms with Crippen LogP contribution in [0.15, 0.2) is 54.9 Å². The molecular formula is C32H38N6O3S. The number of hydrogen-bond donors (Lipinski definition) is 1. The van der Waals surface area contributed by atoms with Crippen LogP contribution >= 0.6 is 0 Å². The maximum Gasteiger partial charge on any atom is 0.224 e. The second kappa shape index (κ2) is 12.4. The van der Waals surface area contributed by atoms with E-state index in [0.717, 1.165) is 66.6 Å². The van der Waals surface area contributed by atoms with Crippen molar-refractivity contribution in [1.29, 1.82) is 10.5 Å². The number of aromatic nitrogens is 2. The minimum atomic E-state index is -2.88. The van der Waals surface area contributed by atoms with E-state index in [4.69, 9.17) is 10.5 Å². The van der Waals surface area contributed by atoms with E-state index in [1.54, 1.807) is 6.07 Å². The average molecular weight is 587 g/mol. The van der Waals surface area contributed by atoms with Crippen LogP contribution in [0.1, 0.15) is 57.5 Å². The number of carbonyl (C=O) groups excluding carboxylic acids is 1. The van der Waals surface area contributed by atoms with Gasteiger partial charge < -0.3 is 10.2 Å². The molecule has 10 heteroatoms. The SMILES string of the molecule is Cc1cc(C#N)ccc1-n1cc(-c2ccc(N3CCS(=O)(=O)CC3)cc2)cn1.N#CC1(NC(=O)C2CCCCC2)CC1.[HH]. The number of sulfone groups is 1. The molecule has 1 saturated heterocycles. The Balaban J connectivity index is 0.000000238. The third-order valence-corrected chi connectivity index (χ3v) is 9.98. The van der Waals surface area contributed by atoms with Crippen LogP contribution < -0.4 is 10.2 Å². The van der Waals surface area contributed by atoms with E-state index in [2.05, 4.69) is 27.5 Å². The number of amides is 1. The van der Waals surface area contributed by atoms with Crippen LogP contribution in [0.3, 0.4) is 0 Å². The van der Waals surface area contributed by atoms with Gasteiger partial charge in [-0.1, -0.05) is 31.4 Å². The van der Waals surface area contributed by atoms with Crippen molar-refractivity contribution in [2.75, 3.05) is 29.5 Å². The highest BCUT2D eigenvalue weighted by Gasteiger charge is 2.45. The standard InChI is InChI=1S/C21H20N4O2S.C11H16N2O.H2/c1-16-12-17(13-22)2-7-21(16)25-15-19(14-23-25)18-3-5-20(6-4-18)24-8-10-28(26,27)11-9-24;12-8-11(6-7-11)13-10(14)9-4-2-1-3-5-9;/h2-7,12,14-15H,8-11H2,1H3;9H,1-7H2,(H,13,14);1H. The molecule has 1 N–H and O–H groups in total. The van der Waals surface area contributed by atoms with Crippen LogP contribution in [0, 0.1) is 35.5 Å². The summed E-state index contributed by atoms with van der Waals surface area (Å²) in [5, 5.41) is 25.2. The second-order valence-electron chi connectivity index (χ2n) is 11.5. The molecule has 3 aliphatic rings. The van der Waals surface area contributed by atoms with Gasteiger partial charge in [-0.2, -0.15) is 15.6 Å². The molecule has 2 heterocycles. The molecule has 3 aromatic rings. The van der Waals surface area contributed by atoms with Crippen molar-refractivity contribution >= 4 is 21.4 Å². The van der Waals surface area contributed by atoms with E-state index >= 15 is 0 Å². The Bertz CT molecular complexity index is 1610. The Morgan fingerprint density at radius 3 is 2.31 bits per heavy atom. The lowest BCUT2D eigenvalue weighted by Gasteiger charge is -2.28. The van der Waals surface area contributed by atoms with Crippen molar-refractivity contribution < 1.29 is 14.6 Å². The van der Waals surface area contributed by atoms with Crippen LogP contribution in [-0.2, 0) is 14.6 Å². The molecule has 1 amide bonds. The summed E-state index contributed by atoms with van der Waals surface area (Å²) in [5.41, 5.74) is 5.17. The van der Waals surface area contributed by atoms with Crippen LogP contribution in [0.5, 0.6) is 0 Å². The first-order valence-electron chi connectivity index (χ1n) is 14.6. The average Bonchev–Trinajstić information content (AvgIpc) is 3.61. The first-order valence-corrected chi connectivity index (χ1v) is 16.4. The molecule has 42 heavy (non-hydrogen) atoms. The first-order chi connectivity index (χ1) is 20.2. The highest BCUT2D eigenvalue weighted by Crippen LogP contribution is 2.35. The molecule has 220 valence electrons. The van der Waals surface area contributed by atoms with Crippen LogP contribution in [0.25, 0.3) is 16.8 Å². The molecule has 2 saturated carbocycles. The van der Waals surface area contributed by atoms with Gasteiger partial charge in [0.25, 0.3) is 0 Å². The van der Waals surface area contributed by atoms with Crippen LogP contribution in [-0.4, -0.2) is 54.2 Å². The second-order valence-corrected chi connectivity index (χ2v) is 13.8. The summed E-state index contributed by atoms with van der Waals surface area (Å²) in [6, 6.07) is 18.0. The molecule has 3 fully saturated rings. The number of benzene rings is 2. The molecule has 2 aliphatic carbocycles. The zero-order valence-electron chi connectivity index (χ0n) is 23.9. The largest absolute Gasteiger partial charge is 0.369 e. The van der Waals surface area contributed by atoms with Gasteiger partial charge in [-0.05, 0) is 74.1 Å². The number of nitriles is 2. The Hall–Kier alpha value is -4.15. The van der Waals surface area contributed by atoms with Gasteiger partial charge in [-0.3, -0.25) is 4.79 Å². The molecule has 0 radical (unpaired) electrons. The molecule has 0 atom stereocenters. The van der Waals surface area contributed by atoms with Gasteiger partial charge in [0.1, 0.15) is 5.54 Å². The van der Waals surface area contributed by atoms with Gasteiger partial charge in [-0.15, -0.1) is 0 Å². The summed E-state index contributed by atoms with van der Waals surface area (Å²) in [7, 11) is -2.88. The molecule has 1 aromatic heterocycles. The minimum Gasteiger partial charge on any atom is -0.369 e. The van der Waals surface area contributed by atoms with Crippen molar-refractivity contribution in [1.82, 2.24) is 15.1 Å². The molecule has 0 spiro atoms. The summed E-state index contributed by atoms with van der Waals surface area (Å²) in [5.74, 6) is 0.718. The van der Waals surface area contributed by atoms with E-state index in [9.17, 15) is 13.2 Å². The van der Waals surface area contributed by atoms with Gasteiger partial charge in [-0.25, -0.2) is 13.1 Å². The molecule has 0 unspecified atom stereocenters. The van der Waals surface area contributed by atoms with E-state index in [-0.39, 0.29) is 24.8 Å². The Kier molecular flexibility index (Phi) is 8.65. The highest BCUT2D eigenvalue weighted by atomic mass is 32.2. The lowest BCUT2D eigenvalue weighted by molar-refractivity contribution is -0.126. The summed E-state index contributed by atoms with van der Waals surface area (Å²) in [6.07, 6.45) is 11.1. The van der Waals surface area contributed by atoms with E-state index < -0.39 is 15.4 Å². The first kappa shape index (κ1) is 29.3. The molecule has 2 aromatic carbocycles. The molecule has 1 aliphatic heterocycles. The summed E-state index contributed by atoms with van der Waals surface area (Å²) >= 11 is 0. The third-order valence-electron chi connectivity index (χ3n) is 8.37. The maximum absolute atomic E-state index is 11.8. The maximum atomic E-state index is 11.8. The van der Waals surface area contributed by atoms with Gasteiger partial charge in [0, 0.05) is 37.9 Å².